The van der Waals surface area contributed by atoms with Gasteiger partial charge in [-0.1, -0.05) is 25.7 Å². The summed E-state index contributed by atoms with van der Waals surface area (Å²) in [6.07, 6.45) is 10.9. The van der Waals surface area contributed by atoms with Crippen LogP contribution in [0.2, 0.25) is 0 Å². The van der Waals surface area contributed by atoms with Crippen molar-refractivity contribution in [1.82, 2.24) is 4.90 Å². The number of fused-ring (bicyclic) bond motifs is 3. The fourth-order valence-corrected chi connectivity index (χ4v) is 7.85. The summed E-state index contributed by atoms with van der Waals surface area (Å²) >= 11 is 0. The van der Waals surface area contributed by atoms with E-state index in [1.165, 1.54) is 31.2 Å². The number of carbonyl (C=O) groups excluding carboxylic acids is 2. The normalized spacial score (nSPS) is 34.1. The fraction of sp³-hybridized carbons (Fsp3) is 0.655. The van der Waals surface area contributed by atoms with E-state index in [1.807, 2.05) is 0 Å². The van der Waals surface area contributed by atoms with E-state index in [0.717, 1.165) is 55.8 Å². The molecular formula is C29H35NO7. The van der Waals surface area contributed by atoms with E-state index in [-0.39, 0.29) is 30.6 Å². The largest absolute Gasteiger partial charge is 0.497 e. The standard InChI is InChI=1S/C29H35NO7/c1-33-23-15-28-9-4-11-30(28)12-8-19-13-21-22(35-17-34-21)14-20(19)25(28)26(23)36-27(32)29(16-24(31)37-29)10-7-18-5-2-3-6-18/h13-15,18,25-26H,2-12,16-17H2,1H3/t25?,26-,28+,29-/m1/s1. The van der Waals surface area contributed by atoms with Gasteiger partial charge in [-0.3, -0.25) is 9.69 Å². The highest BCUT2D eigenvalue weighted by atomic mass is 16.7. The maximum absolute atomic E-state index is 13.8. The smallest absolute Gasteiger partial charge is 0.351 e. The molecule has 1 aromatic carbocycles. The van der Waals surface area contributed by atoms with Crippen LogP contribution in [0.1, 0.15) is 74.8 Å². The molecule has 8 nitrogen and oxygen atoms in total. The molecule has 2 saturated heterocycles. The molecule has 198 valence electrons. The van der Waals surface area contributed by atoms with Gasteiger partial charge in [-0.2, -0.15) is 0 Å². The Morgan fingerprint density at radius 3 is 2.68 bits per heavy atom. The van der Waals surface area contributed by atoms with E-state index in [0.29, 0.717) is 18.1 Å². The third kappa shape index (κ3) is 3.58. The molecule has 3 fully saturated rings. The predicted octanol–water partition coefficient (Wildman–Crippen LogP) is 4.00. The van der Waals surface area contributed by atoms with Crippen LogP contribution < -0.4 is 9.47 Å². The van der Waals surface area contributed by atoms with E-state index < -0.39 is 17.7 Å². The highest BCUT2D eigenvalue weighted by molar-refractivity contribution is 5.93. The van der Waals surface area contributed by atoms with Crippen LogP contribution in [0, 0.1) is 5.92 Å². The Balaban J connectivity index is 1.23. The summed E-state index contributed by atoms with van der Waals surface area (Å²) in [4.78, 5) is 28.3. The van der Waals surface area contributed by atoms with Crippen LogP contribution in [-0.4, -0.2) is 61.1 Å². The van der Waals surface area contributed by atoms with Gasteiger partial charge in [0.25, 0.3) is 0 Å². The summed E-state index contributed by atoms with van der Waals surface area (Å²) in [5, 5.41) is 0. The maximum Gasteiger partial charge on any atom is 0.351 e. The van der Waals surface area contributed by atoms with E-state index >= 15 is 0 Å². The van der Waals surface area contributed by atoms with Gasteiger partial charge in [0.05, 0.1) is 25.0 Å². The number of carbonyl (C=O) groups is 2. The Morgan fingerprint density at radius 2 is 1.92 bits per heavy atom. The summed E-state index contributed by atoms with van der Waals surface area (Å²) in [6, 6.07) is 4.17. The molecule has 2 aliphatic carbocycles. The van der Waals surface area contributed by atoms with Gasteiger partial charge in [0.15, 0.2) is 17.6 Å². The number of esters is 2. The molecule has 4 heterocycles. The van der Waals surface area contributed by atoms with Crippen molar-refractivity contribution in [2.75, 3.05) is 27.0 Å². The van der Waals surface area contributed by atoms with Gasteiger partial charge in [-0.15, -0.1) is 0 Å². The van der Waals surface area contributed by atoms with Gasteiger partial charge in [-0.25, -0.2) is 4.79 Å². The summed E-state index contributed by atoms with van der Waals surface area (Å²) in [5.74, 6) is 1.87. The monoisotopic (exact) mass is 509 g/mol. The molecule has 1 spiro atoms. The number of hydrogen-bond acceptors (Lipinski definition) is 8. The van der Waals surface area contributed by atoms with E-state index in [4.69, 9.17) is 23.7 Å². The first-order chi connectivity index (χ1) is 18.0. The van der Waals surface area contributed by atoms with Crippen LogP contribution >= 0.6 is 0 Å². The zero-order valence-corrected chi connectivity index (χ0v) is 21.5. The van der Waals surface area contributed by atoms with Crippen molar-refractivity contribution < 1.29 is 33.3 Å². The third-order valence-corrected chi connectivity index (χ3v) is 9.74. The van der Waals surface area contributed by atoms with Crippen LogP contribution in [-0.2, 0) is 30.2 Å². The number of ether oxygens (including phenoxy) is 5. The minimum atomic E-state index is -1.17. The second-order valence-electron chi connectivity index (χ2n) is 11.6. The van der Waals surface area contributed by atoms with Crippen molar-refractivity contribution in [2.45, 2.75) is 87.4 Å². The molecule has 0 amide bonds. The van der Waals surface area contributed by atoms with Crippen molar-refractivity contribution in [3.63, 3.8) is 0 Å². The lowest BCUT2D eigenvalue weighted by Gasteiger charge is -2.42. The molecule has 8 heteroatoms. The average Bonchev–Trinajstić information content (AvgIpc) is 3.66. The Morgan fingerprint density at radius 1 is 1.14 bits per heavy atom. The maximum atomic E-state index is 13.8. The van der Waals surface area contributed by atoms with Crippen LogP contribution in [0.3, 0.4) is 0 Å². The lowest BCUT2D eigenvalue weighted by atomic mass is 9.77. The second kappa shape index (κ2) is 8.65. The van der Waals surface area contributed by atoms with Crippen molar-refractivity contribution in [3.8, 4) is 11.5 Å². The number of methoxy groups -OCH3 is 1. The number of hydrogen-bond donors (Lipinski definition) is 0. The first-order valence-electron chi connectivity index (χ1n) is 13.9. The van der Waals surface area contributed by atoms with Crippen molar-refractivity contribution in [1.29, 1.82) is 0 Å². The minimum absolute atomic E-state index is 0.0918. The first kappa shape index (κ1) is 23.4. The lowest BCUT2D eigenvalue weighted by Crippen LogP contribution is -2.56. The number of cyclic esters (lactones) is 1. The molecule has 1 saturated carbocycles. The minimum Gasteiger partial charge on any atom is -0.497 e. The lowest BCUT2D eigenvalue weighted by molar-refractivity contribution is -0.212. The summed E-state index contributed by atoms with van der Waals surface area (Å²) in [6.45, 7) is 2.13. The summed E-state index contributed by atoms with van der Waals surface area (Å²) in [5.41, 5.74) is 0.857. The van der Waals surface area contributed by atoms with Gasteiger partial charge < -0.3 is 23.7 Å². The molecule has 37 heavy (non-hydrogen) atoms. The molecule has 0 aromatic heterocycles. The molecule has 7 rings (SSSR count). The van der Waals surface area contributed by atoms with Gasteiger partial charge in [0, 0.05) is 6.54 Å². The zero-order valence-electron chi connectivity index (χ0n) is 21.5. The van der Waals surface area contributed by atoms with Gasteiger partial charge in [0.1, 0.15) is 5.76 Å². The quantitative estimate of drug-likeness (QED) is 0.532. The fourth-order valence-electron chi connectivity index (χ4n) is 7.85. The molecule has 0 bridgehead atoms. The highest BCUT2D eigenvalue weighted by Crippen LogP contribution is 2.56. The van der Waals surface area contributed by atoms with Gasteiger partial charge in [0.2, 0.25) is 12.4 Å². The van der Waals surface area contributed by atoms with E-state index in [9.17, 15) is 9.59 Å². The average molecular weight is 510 g/mol. The topological polar surface area (TPSA) is 83.5 Å². The van der Waals surface area contributed by atoms with Crippen molar-refractivity contribution >= 4 is 11.9 Å². The Bertz CT molecular complexity index is 1150. The zero-order chi connectivity index (χ0) is 25.2. The Kier molecular flexibility index (Phi) is 5.47. The molecule has 1 unspecified atom stereocenters. The molecular weight excluding hydrogens is 474 g/mol. The van der Waals surface area contributed by atoms with Gasteiger partial charge >= 0.3 is 11.9 Å². The Labute approximate surface area is 217 Å². The summed E-state index contributed by atoms with van der Waals surface area (Å²) < 4.78 is 29.3. The van der Waals surface area contributed by atoms with Crippen LogP contribution in [0.25, 0.3) is 0 Å². The van der Waals surface area contributed by atoms with Gasteiger partial charge in [-0.05, 0) is 73.9 Å². The second-order valence-corrected chi connectivity index (χ2v) is 11.6. The first-order valence-corrected chi connectivity index (χ1v) is 13.9. The molecule has 0 radical (unpaired) electrons. The SMILES string of the molecule is COC1=C[C@]23CCCN2CCc2cc4c(cc2C3[C@@H]1OC(=O)[C@@]1(CCC2CCCC2)CC(=O)O1)OCO4. The van der Waals surface area contributed by atoms with Crippen molar-refractivity contribution in [2.24, 2.45) is 5.92 Å². The summed E-state index contributed by atoms with van der Waals surface area (Å²) in [7, 11) is 1.65. The highest BCUT2D eigenvalue weighted by Gasteiger charge is 2.61. The van der Waals surface area contributed by atoms with Crippen LogP contribution in [0.4, 0.5) is 0 Å². The molecule has 6 aliphatic rings. The molecule has 0 N–H and O–H groups in total. The predicted molar refractivity (Wildman–Crippen MR) is 132 cm³/mol. The van der Waals surface area contributed by atoms with E-state index in [1.54, 1.807) is 7.11 Å². The van der Waals surface area contributed by atoms with Crippen LogP contribution in [0.15, 0.2) is 24.0 Å². The number of nitrogens with zero attached hydrogens (tertiary/aromatic N) is 1. The Hall–Kier alpha value is -2.74. The van der Waals surface area contributed by atoms with Crippen LogP contribution in [0.5, 0.6) is 11.5 Å². The molecule has 4 atom stereocenters. The third-order valence-electron chi connectivity index (χ3n) is 9.74. The van der Waals surface area contributed by atoms with Crippen molar-refractivity contribution in [3.05, 3.63) is 35.1 Å². The number of benzene rings is 1. The molecule has 4 aliphatic heterocycles. The molecule has 1 aromatic rings. The number of rotatable bonds is 6. The van der Waals surface area contributed by atoms with E-state index in [2.05, 4.69) is 23.1 Å².